The summed E-state index contributed by atoms with van der Waals surface area (Å²) in [7, 11) is 1.58. The average Bonchev–Trinajstić information content (AvgIpc) is 3.34. The number of thiazole rings is 1. The Hall–Kier alpha value is -2.38. The van der Waals surface area contributed by atoms with Crippen molar-refractivity contribution in [3.8, 4) is 5.06 Å². The fourth-order valence-corrected chi connectivity index (χ4v) is 4.10. The molecule has 3 rings (SSSR count). The first kappa shape index (κ1) is 19.4. The number of hydrogen-bond acceptors (Lipinski definition) is 6. The Morgan fingerprint density at radius 2 is 2.04 bits per heavy atom. The largest absolute Gasteiger partial charge is 0.486 e. The van der Waals surface area contributed by atoms with Crippen LogP contribution in [0.25, 0.3) is 0 Å². The number of nitrogens with one attached hydrogen (secondary N) is 2. The number of aromatic nitrogens is 1. The van der Waals surface area contributed by atoms with Crippen LogP contribution >= 0.6 is 22.7 Å². The molecule has 0 atom stereocenters. The van der Waals surface area contributed by atoms with Crippen molar-refractivity contribution in [2.75, 3.05) is 17.7 Å². The van der Waals surface area contributed by atoms with Gasteiger partial charge in [-0.05, 0) is 36.6 Å². The second kappa shape index (κ2) is 9.53. The Bertz CT molecular complexity index is 889. The Labute approximate surface area is 167 Å². The number of nitrogens with zero attached hydrogens (tertiary/aromatic N) is 1. The number of anilines is 2. The summed E-state index contributed by atoms with van der Waals surface area (Å²) in [5, 5.41) is 7.52. The first-order valence-corrected chi connectivity index (χ1v) is 10.5. The molecule has 0 spiro atoms. The predicted octanol–water partition coefficient (Wildman–Crippen LogP) is 5.42. The summed E-state index contributed by atoms with van der Waals surface area (Å²) in [6.07, 6.45) is 5.04. The molecule has 0 fully saturated rings. The number of unbranched alkanes of at least 4 members (excludes halogenated alkanes) is 1. The third-order valence-corrected chi connectivity index (χ3v) is 6.02. The molecule has 3 aromatic rings. The molecule has 0 radical (unpaired) electrons. The second-order valence-corrected chi connectivity index (χ2v) is 8.18. The number of amides is 1. The maximum Gasteiger partial charge on any atom is 0.267 e. The van der Waals surface area contributed by atoms with Gasteiger partial charge in [0, 0.05) is 17.1 Å². The van der Waals surface area contributed by atoms with Crippen LogP contribution in [0.15, 0.2) is 42.6 Å². The van der Waals surface area contributed by atoms with Gasteiger partial charge in [-0.25, -0.2) is 4.98 Å². The summed E-state index contributed by atoms with van der Waals surface area (Å²) in [4.78, 5) is 18.3. The molecule has 1 aromatic carbocycles. The normalized spacial score (nSPS) is 10.6. The zero-order valence-electron chi connectivity index (χ0n) is 15.5. The fourth-order valence-electron chi connectivity index (χ4n) is 2.63. The number of hydrogen-bond donors (Lipinski definition) is 2. The second-order valence-electron chi connectivity index (χ2n) is 6.02. The van der Waals surface area contributed by atoms with Gasteiger partial charge < -0.3 is 10.1 Å². The van der Waals surface area contributed by atoms with Crippen molar-refractivity contribution in [2.45, 2.75) is 32.7 Å². The van der Waals surface area contributed by atoms with E-state index in [0.717, 1.165) is 11.3 Å². The molecule has 2 heterocycles. The molecule has 2 N–H and O–H groups in total. The van der Waals surface area contributed by atoms with Crippen molar-refractivity contribution in [2.24, 2.45) is 0 Å². The van der Waals surface area contributed by atoms with Crippen LogP contribution in [-0.2, 0) is 13.0 Å². The van der Waals surface area contributed by atoms with E-state index in [2.05, 4.69) is 40.7 Å². The zero-order valence-corrected chi connectivity index (χ0v) is 17.1. The van der Waals surface area contributed by atoms with Crippen LogP contribution in [0.4, 0.5) is 10.8 Å². The number of carbonyl (C=O) groups is 1. The van der Waals surface area contributed by atoms with Gasteiger partial charge in [0.1, 0.15) is 0 Å². The van der Waals surface area contributed by atoms with E-state index < -0.39 is 0 Å². The van der Waals surface area contributed by atoms with Gasteiger partial charge in [0.25, 0.3) is 5.91 Å². The van der Waals surface area contributed by atoms with E-state index in [0.29, 0.717) is 21.6 Å². The summed E-state index contributed by atoms with van der Waals surface area (Å²) in [5.41, 5.74) is 2.51. The van der Waals surface area contributed by atoms with Crippen LogP contribution in [0.3, 0.4) is 0 Å². The highest BCUT2D eigenvalue weighted by molar-refractivity contribution is 7.17. The van der Waals surface area contributed by atoms with Crippen LogP contribution in [-0.4, -0.2) is 18.0 Å². The Kier molecular flexibility index (Phi) is 6.84. The Morgan fingerprint density at radius 1 is 1.19 bits per heavy atom. The van der Waals surface area contributed by atoms with Gasteiger partial charge in [0.05, 0.1) is 18.2 Å². The van der Waals surface area contributed by atoms with Gasteiger partial charge in [-0.2, -0.15) is 0 Å². The van der Waals surface area contributed by atoms with Crippen molar-refractivity contribution in [3.63, 3.8) is 0 Å². The van der Waals surface area contributed by atoms with E-state index in [-0.39, 0.29) is 5.91 Å². The average molecular weight is 402 g/mol. The molecular formula is C20H23N3O2S2. The monoisotopic (exact) mass is 401 g/mol. The van der Waals surface area contributed by atoms with Crippen molar-refractivity contribution in [1.82, 2.24) is 4.98 Å². The van der Waals surface area contributed by atoms with Crippen LogP contribution in [0.1, 0.15) is 39.9 Å². The molecule has 0 saturated heterocycles. The van der Waals surface area contributed by atoms with Crippen LogP contribution in [0, 0.1) is 0 Å². The van der Waals surface area contributed by atoms with Gasteiger partial charge >= 0.3 is 0 Å². The van der Waals surface area contributed by atoms with Crippen molar-refractivity contribution < 1.29 is 9.53 Å². The van der Waals surface area contributed by atoms with E-state index in [9.17, 15) is 4.79 Å². The first-order valence-electron chi connectivity index (χ1n) is 8.91. The molecule has 1 amide bonds. The lowest BCUT2D eigenvalue weighted by Crippen LogP contribution is -2.09. The number of rotatable bonds is 9. The van der Waals surface area contributed by atoms with E-state index in [1.807, 2.05) is 18.2 Å². The quantitative estimate of drug-likeness (QED) is 0.502. The topological polar surface area (TPSA) is 63.2 Å². The third-order valence-electron chi connectivity index (χ3n) is 4.06. The van der Waals surface area contributed by atoms with Gasteiger partial charge in [-0.3, -0.25) is 10.1 Å². The summed E-state index contributed by atoms with van der Waals surface area (Å²) < 4.78 is 5.09. The number of ether oxygens (including phenoxy) is 1. The van der Waals surface area contributed by atoms with Gasteiger partial charge in [-0.15, -0.1) is 11.3 Å². The van der Waals surface area contributed by atoms with Crippen molar-refractivity contribution in [3.05, 3.63) is 57.9 Å². The summed E-state index contributed by atoms with van der Waals surface area (Å²) in [6.45, 7) is 2.90. The summed E-state index contributed by atoms with van der Waals surface area (Å²) in [5.74, 6) is -0.147. The highest BCUT2D eigenvalue weighted by Gasteiger charge is 2.12. The molecule has 0 unspecified atom stereocenters. The SMILES string of the molecule is CCCCc1ccccc1NCc1ccc(C(=O)Nc2ncc(OC)s2)s1. The lowest BCUT2D eigenvalue weighted by Gasteiger charge is -2.11. The minimum absolute atomic E-state index is 0.147. The molecule has 2 aromatic heterocycles. The molecule has 0 aliphatic heterocycles. The smallest absolute Gasteiger partial charge is 0.267 e. The van der Waals surface area contributed by atoms with E-state index >= 15 is 0 Å². The molecule has 142 valence electrons. The molecule has 7 heteroatoms. The molecule has 0 aliphatic carbocycles. The maximum atomic E-state index is 12.4. The summed E-state index contributed by atoms with van der Waals surface area (Å²) in [6, 6.07) is 12.3. The van der Waals surface area contributed by atoms with Gasteiger partial charge in [0.15, 0.2) is 10.2 Å². The van der Waals surface area contributed by atoms with E-state index in [4.69, 9.17) is 4.74 Å². The number of carbonyl (C=O) groups excluding carboxylic acids is 1. The highest BCUT2D eigenvalue weighted by Crippen LogP contribution is 2.26. The van der Waals surface area contributed by atoms with Crippen molar-refractivity contribution >= 4 is 39.4 Å². The highest BCUT2D eigenvalue weighted by atomic mass is 32.1. The lowest BCUT2D eigenvalue weighted by molar-refractivity contribution is 0.103. The maximum absolute atomic E-state index is 12.4. The molecule has 5 nitrogen and oxygen atoms in total. The molecule has 0 saturated carbocycles. The molecule has 0 aliphatic rings. The molecule has 0 bridgehead atoms. The zero-order chi connectivity index (χ0) is 19.1. The fraction of sp³-hybridized carbons (Fsp3) is 0.300. The minimum atomic E-state index is -0.147. The minimum Gasteiger partial charge on any atom is -0.486 e. The lowest BCUT2D eigenvalue weighted by atomic mass is 10.1. The van der Waals surface area contributed by atoms with E-state index in [1.54, 1.807) is 13.3 Å². The predicted molar refractivity (Wildman–Crippen MR) is 113 cm³/mol. The Balaban J connectivity index is 1.59. The molecule has 27 heavy (non-hydrogen) atoms. The Morgan fingerprint density at radius 3 is 2.81 bits per heavy atom. The van der Waals surface area contributed by atoms with Crippen LogP contribution < -0.4 is 15.4 Å². The number of aryl methyl sites for hydroxylation is 1. The van der Waals surface area contributed by atoms with Gasteiger partial charge in [0.2, 0.25) is 0 Å². The number of thiophene rings is 1. The van der Waals surface area contributed by atoms with E-state index in [1.165, 1.54) is 46.8 Å². The number of benzene rings is 1. The standard InChI is InChI=1S/C20H23N3O2S2/c1-3-4-7-14-8-5-6-9-16(14)21-12-15-10-11-17(26-15)19(24)23-20-22-13-18(25-2)27-20/h5-6,8-11,13,21H,3-4,7,12H2,1-2H3,(H,22,23,24). The van der Waals surface area contributed by atoms with Crippen LogP contribution in [0.2, 0.25) is 0 Å². The van der Waals surface area contributed by atoms with Crippen LogP contribution in [0.5, 0.6) is 5.06 Å². The summed E-state index contributed by atoms with van der Waals surface area (Å²) >= 11 is 2.79. The number of para-hydroxylation sites is 1. The third kappa shape index (κ3) is 5.30. The van der Waals surface area contributed by atoms with Gasteiger partial charge in [-0.1, -0.05) is 42.9 Å². The first-order chi connectivity index (χ1) is 13.2. The number of methoxy groups -OCH3 is 1. The van der Waals surface area contributed by atoms with Crippen molar-refractivity contribution in [1.29, 1.82) is 0 Å². The molecular weight excluding hydrogens is 378 g/mol.